The van der Waals surface area contributed by atoms with Gasteiger partial charge >= 0.3 is 0 Å². The highest BCUT2D eigenvalue weighted by Gasteiger charge is 2.11. The van der Waals surface area contributed by atoms with Gasteiger partial charge in [-0.15, -0.1) is 5.10 Å². The van der Waals surface area contributed by atoms with Crippen LogP contribution in [0.25, 0.3) is 5.82 Å². The molecule has 0 N–H and O–H groups in total. The van der Waals surface area contributed by atoms with E-state index in [0.29, 0.717) is 0 Å². The molecule has 80 valence electrons. The molecule has 0 aliphatic heterocycles. The zero-order chi connectivity index (χ0) is 10.8. The number of hydrogen-bond donors (Lipinski definition) is 0. The van der Waals surface area contributed by atoms with Gasteiger partial charge in [0.25, 0.3) is 0 Å². The first kappa shape index (κ1) is 10.4. The summed E-state index contributed by atoms with van der Waals surface area (Å²) in [5.41, 5.74) is 0.933. The zero-order valence-electron chi connectivity index (χ0n) is 8.63. The van der Waals surface area contributed by atoms with Crippen molar-refractivity contribution in [3.63, 3.8) is 0 Å². The van der Waals surface area contributed by atoms with Crippen molar-refractivity contribution in [1.29, 1.82) is 0 Å². The molecule has 6 heteroatoms. The molecule has 0 fully saturated rings. The molecule has 0 saturated heterocycles. The van der Waals surface area contributed by atoms with Crippen molar-refractivity contribution in [1.82, 2.24) is 24.8 Å². The van der Waals surface area contributed by atoms with Crippen molar-refractivity contribution in [2.75, 3.05) is 0 Å². The Morgan fingerprint density at radius 2 is 2.33 bits per heavy atom. The molecule has 0 aliphatic carbocycles. The fraction of sp³-hybridized carbons (Fsp3) is 0.444. The first-order valence-electron chi connectivity index (χ1n) is 4.77. The van der Waals surface area contributed by atoms with E-state index in [9.17, 15) is 0 Å². The molecule has 0 spiro atoms. The molecule has 5 nitrogen and oxygen atoms in total. The molecule has 2 heterocycles. The predicted octanol–water partition coefficient (Wildman–Crippen LogP) is 1.85. The second-order valence-corrected chi connectivity index (χ2v) is 4.42. The summed E-state index contributed by atoms with van der Waals surface area (Å²) in [6, 6.07) is 1.90. The van der Waals surface area contributed by atoms with Crippen LogP contribution in [0.1, 0.15) is 23.9 Å². The maximum absolute atomic E-state index is 4.24. The van der Waals surface area contributed by atoms with Crippen LogP contribution in [0.2, 0.25) is 0 Å². The van der Waals surface area contributed by atoms with Crippen LogP contribution in [0.3, 0.4) is 0 Å². The molecule has 2 aromatic rings. The fourth-order valence-electron chi connectivity index (χ4n) is 1.27. The monoisotopic (exact) mass is 269 g/mol. The lowest BCUT2D eigenvalue weighted by atomic mass is 10.3. The minimum absolute atomic E-state index is 0.259. The molecule has 0 saturated carbocycles. The quantitative estimate of drug-likeness (QED) is 0.800. The highest BCUT2D eigenvalue weighted by Crippen LogP contribution is 2.23. The van der Waals surface area contributed by atoms with Gasteiger partial charge in [0, 0.05) is 19.3 Å². The molecule has 0 radical (unpaired) electrons. The molecule has 0 aliphatic rings. The summed E-state index contributed by atoms with van der Waals surface area (Å²) in [6.45, 7) is 2.10. The molecule has 1 atom stereocenters. The molecule has 0 amide bonds. The maximum atomic E-state index is 4.24. The SMILES string of the molecule is CCC(Br)c1cn(-c2ccn(C)n2)nn1. The van der Waals surface area contributed by atoms with Crippen molar-refractivity contribution < 1.29 is 0 Å². The summed E-state index contributed by atoms with van der Waals surface area (Å²) < 4.78 is 3.42. The van der Waals surface area contributed by atoms with Crippen molar-refractivity contribution in [2.24, 2.45) is 7.05 Å². The van der Waals surface area contributed by atoms with Crippen molar-refractivity contribution in [3.05, 3.63) is 24.2 Å². The van der Waals surface area contributed by atoms with Crippen LogP contribution in [-0.2, 0) is 7.05 Å². The van der Waals surface area contributed by atoms with Crippen molar-refractivity contribution in [3.8, 4) is 5.82 Å². The van der Waals surface area contributed by atoms with Crippen LogP contribution in [0.4, 0.5) is 0 Å². The van der Waals surface area contributed by atoms with E-state index in [-0.39, 0.29) is 4.83 Å². The minimum Gasteiger partial charge on any atom is -0.274 e. The van der Waals surface area contributed by atoms with E-state index in [4.69, 9.17) is 0 Å². The molecule has 0 aromatic carbocycles. The molecule has 2 aromatic heterocycles. The van der Waals surface area contributed by atoms with Crippen LogP contribution in [0, 0.1) is 0 Å². The summed E-state index contributed by atoms with van der Waals surface area (Å²) in [5, 5.41) is 12.4. The lowest BCUT2D eigenvalue weighted by molar-refractivity contribution is 0.714. The number of halogens is 1. The molecule has 2 rings (SSSR count). The Bertz CT molecular complexity index is 447. The number of rotatable bonds is 3. The van der Waals surface area contributed by atoms with Crippen LogP contribution in [-0.4, -0.2) is 24.8 Å². The Morgan fingerprint density at radius 1 is 1.53 bits per heavy atom. The summed E-state index contributed by atoms with van der Waals surface area (Å²) in [5.74, 6) is 0.784. The lowest BCUT2D eigenvalue weighted by Crippen LogP contribution is -1.97. The van der Waals surface area contributed by atoms with Gasteiger partial charge in [-0.3, -0.25) is 4.68 Å². The number of alkyl halides is 1. The van der Waals surface area contributed by atoms with E-state index >= 15 is 0 Å². The van der Waals surface area contributed by atoms with E-state index in [1.54, 1.807) is 9.36 Å². The van der Waals surface area contributed by atoms with Crippen LogP contribution in [0.15, 0.2) is 18.5 Å². The van der Waals surface area contributed by atoms with Gasteiger partial charge in [0.15, 0.2) is 5.82 Å². The molecule has 0 bridgehead atoms. The van der Waals surface area contributed by atoms with Gasteiger partial charge in [-0.25, -0.2) is 4.68 Å². The Kier molecular flexibility index (Phi) is 2.86. The average molecular weight is 270 g/mol. The lowest BCUT2D eigenvalue weighted by Gasteiger charge is -1.98. The summed E-state index contributed by atoms with van der Waals surface area (Å²) in [4.78, 5) is 0.259. The van der Waals surface area contributed by atoms with Crippen molar-refractivity contribution >= 4 is 15.9 Å². The third-order valence-electron chi connectivity index (χ3n) is 2.12. The molecule has 1 unspecified atom stereocenters. The topological polar surface area (TPSA) is 48.5 Å². The Labute approximate surface area is 96.2 Å². The fourth-order valence-corrected chi connectivity index (χ4v) is 1.48. The third kappa shape index (κ3) is 2.09. The van der Waals surface area contributed by atoms with Gasteiger partial charge in [0.1, 0.15) is 0 Å². The van der Waals surface area contributed by atoms with E-state index in [1.807, 2.05) is 25.5 Å². The van der Waals surface area contributed by atoms with Crippen LogP contribution in [0.5, 0.6) is 0 Å². The standard InChI is InChI=1S/C9H12BrN5/c1-3-7(10)8-6-15(13-11-8)9-4-5-14(2)12-9/h4-7H,3H2,1-2H3. The normalized spacial score (nSPS) is 13.0. The van der Waals surface area contributed by atoms with Crippen LogP contribution < -0.4 is 0 Å². The van der Waals surface area contributed by atoms with Crippen molar-refractivity contribution in [2.45, 2.75) is 18.2 Å². The van der Waals surface area contributed by atoms with Gasteiger partial charge in [0.05, 0.1) is 16.7 Å². The molecular weight excluding hydrogens is 258 g/mol. The number of hydrogen-bond acceptors (Lipinski definition) is 3. The summed E-state index contributed by atoms with van der Waals surface area (Å²) >= 11 is 3.53. The van der Waals surface area contributed by atoms with Gasteiger partial charge in [-0.05, 0) is 6.42 Å². The van der Waals surface area contributed by atoms with E-state index in [1.165, 1.54) is 0 Å². The minimum atomic E-state index is 0.259. The second kappa shape index (κ2) is 4.14. The Balaban J connectivity index is 2.27. The largest absolute Gasteiger partial charge is 0.274 e. The highest BCUT2D eigenvalue weighted by molar-refractivity contribution is 9.09. The second-order valence-electron chi connectivity index (χ2n) is 3.31. The number of aryl methyl sites for hydroxylation is 1. The van der Waals surface area contributed by atoms with Gasteiger partial charge < -0.3 is 0 Å². The number of aromatic nitrogens is 5. The third-order valence-corrected chi connectivity index (χ3v) is 3.24. The van der Waals surface area contributed by atoms with Gasteiger partial charge in [-0.2, -0.15) is 5.10 Å². The van der Waals surface area contributed by atoms with E-state index in [2.05, 4.69) is 38.3 Å². The average Bonchev–Trinajstić information content (AvgIpc) is 2.84. The maximum Gasteiger partial charge on any atom is 0.176 e. The number of nitrogens with zero attached hydrogens (tertiary/aromatic N) is 5. The Hall–Kier alpha value is -1.17. The van der Waals surface area contributed by atoms with E-state index < -0.39 is 0 Å². The molecule has 15 heavy (non-hydrogen) atoms. The summed E-state index contributed by atoms with van der Waals surface area (Å²) in [7, 11) is 1.88. The highest BCUT2D eigenvalue weighted by atomic mass is 79.9. The Morgan fingerprint density at radius 3 is 2.93 bits per heavy atom. The zero-order valence-corrected chi connectivity index (χ0v) is 10.2. The van der Waals surface area contributed by atoms with Gasteiger partial charge in [0.2, 0.25) is 0 Å². The summed E-state index contributed by atoms with van der Waals surface area (Å²) in [6.07, 6.45) is 4.76. The van der Waals surface area contributed by atoms with Gasteiger partial charge in [-0.1, -0.05) is 28.1 Å². The smallest absolute Gasteiger partial charge is 0.176 e. The predicted molar refractivity (Wildman–Crippen MR) is 60.1 cm³/mol. The van der Waals surface area contributed by atoms with Crippen LogP contribution >= 0.6 is 15.9 Å². The first-order valence-corrected chi connectivity index (χ1v) is 5.68. The van der Waals surface area contributed by atoms with E-state index in [0.717, 1.165) is 17.9 Å². The first-order chi connectivity index (χ1) is 7.20. The molecular formula is C9H12BrN5.